The van der Waals surface area contributed by atoms with Crippen LogP contribution in [0, 0.1) is 5.41 Å². The molecule has 20 heavy (non-hydrogen) atoms. The first kappa shape index (κ1) is 14.4. The summed E-state index contributed by atoms with van der Waals surface area (Å²) in [6.45, 7) is 2.47. The highest BCUT2D eigenvalue weighted by Crippen LogP contribution is 2.45. The second-order valence-corrected chi connectivity index (χ2v) is 7.35. The number of hydrogen-bond donors (Lipinski definition) is 1. The van der Waals surface area contributed by atoms with Crippen molar-refractivity contribution in [2.45, 2.75) is 51.6 Å². The van der Waals surface area contributed by atoms with Crippen LogP contribution in [0.5, 0.6) is 0 Å². The van der Waals surface area contributed by atoms with Crippen molar-refractivity contribution >= 4 is 21.6 Å². The van der Waals surface area contributed by atoms with Crippen LogP contribution >= 0.6 is 15.9 Å². The first-order chi connectivity index (χ1) is 9.72. The number of rotatable bonds is 2. The van der Waals surface area contributed by atoms with Crippen molar-refractivity contribution in [2.24, 2.45) is 5.41 Å². The van der Waals surface area contributed by atoms with Gasteiger partial charge < -0.3 is 10.0 Å². The van der Waals surface area contributed by atoms with E-state index in [2.05, 4.69) is 26.9 Å². The number of hydrogen-bond acceptors (Lipinski definition) is 2. The maximum Gasteiger partial charge on any atom is 0.0682 e. The van der Waals surface area contributed by atoms with E-state index in [9.17, 15) is 5.11 Å². The first-order valence-electron chi connectivity index (χ1n) is 7.87. The molecule has 1 aliphatic heterocycles. The molecule has 0 unspecified atom stereocenters. The normalized spacial score (nSPS) is 22.2. The van der Waals surface area contributed by atoms with E-state index in [-0.39, 0.29) is 6.61 Å². The molecule has 1 N–H and O–H groups in total. The zero-order valence-electron chi connectivity index (χ0n) is 12.1. The second-order valence-electron chi connectivity index (χ2n) is 6.49. The van der Waals surface area contributed by atoms with E-state index >= 15 is 0 Å². The third-order valence-corrected chi connectivity index (χ3v) is 5.91. The van der Waals surface area contributed by atoms with E-state index < -0.39 is 0 Å². The fourth-order valence-corrected chi connectivity index (χ4v) is 4.61. The van der Waals surface area contributed by atoms with Gasteiger partial charge in [0, 0.05) is 17.6 Å². The number of aliphatic hydroxyl groups is 1. The molecule has 0 radical (unpaired) electrons. The van der Waals surface area contributed by atoms with Gasteiger partial charge in [0.1, 0.15) is 0 Å². The summed E-state index contributed by atoms with van der Waals surface area (Å²) < 4.78 is 1.11. The minimum Gasteiger partial charge on any atom is -0.392 e. The monoisotopic (exact) mass is 337 g/mol. The molecule has 3 heteroatoms. The largest absolute Gasteiger partial charge is 0.392 e. The van der Waals surface area contributed by atoms with Crippen LogP contribution in [0.2, 0.25) is 0 Å². The van der Waals surface area contributed by atoms with Gasteiger partial charge >= 0.3 is 0 Å². The molecular formula is C17H24BrNO. The summed E-state index contributed by atoms with van der Waals surface area (Å²) in [5.74, 6) is 0. The number of nitrogens with zero attached hydrogens (tertiary/aromatic N) is 1. The third kappa shape index (κ3) is 2.89. The van der Waals surface area contributed by atoms with Crippen LogP contribution in [0.4, 0.5) is 5.69 Å². The average Bonchev–Trinajstić information content (AvgIpc) is 2.49. The predicted molar refractivity (Wildman–Crippen MR) is 87.0 cm³/mol. The Kier molecular flexibility index (Phi) is 4.37. The van der Waals surface area contributed by atoms with E-state index in [1.54, 1.807) is 0 Å². The molecule has 1 saturated heterocycles. The quantitative estimate of drug-likeness (QED) is 0.859. The van der Waals surface area contributed by atoms with Gasteiger partial charge in [-0.3, -0.25) is 0 Å². The van der Waals surface area contributed by atoms with E-state index in [0.717, 1.165) is 10.0 Å². The summed E-state index contributed by atoms with van der Waals surface area (Å²) in [4.78, 5) is 2.51. The summed E-state index contributed by atoms with van der Waals surface area (Å²) in [6.07, 6.45) is 9.92. The SMILES string of the molecule is OCc1ccc(N2CCC3(CCCCC3)CC2)c(Br)c1. The Morgan fingerprint density at radius 1 is 1.05 bits per heavy atom. The molecule has 1 aromatic carbocycles. The summed E-state index contributed by atoms with van der Waals surface area (Å²) in [7, 11) is 0. The molecule has 1 aliphatic carbocycles. The van der Waals surface area contributed by atoms with Crippen LogP contribution in [0.25, 0.3) is 0 Å². The Labute approximate surface area is 130 Å². The third-order valence-electron chi connectivity index (χ3n) is 5.27. The Morgan fingerprint density at radius 2 is 1.75 bits per heavy atom. The molecule has 110 valence electrons. The lowest BCUT2D eigenvalue weighted by Gasteiger charge is -2.45. The molecule has 1 aromatic rings. The van der Waals surface area contributed by atoms with Gasteiger partial charge in [-0.15, -0.1) is 0 Å². The molecule has 0 amide bonds. The molecule has 1 heterocycles. The van der Waals surface area contributed by atoms with E-state index in [1.165, 1.54) is 63.7 Å². The number of benzene rings is 1. The summed E-state index contributed by atoms with van der Waals surface area (Å²) in [5.41, 5.74) is 2.92. The van der Waals surface area contributed by atoms with Crippen molar-refractivity contribution in [1.29, 1.82) is 0 Å². The summed E-state index contributed by atoms with van der Waals surface area (Å²) in [6, 6.07) is 6.22. The van der Waals surface area contributed by atoms with Crippen molar-refractivity contribution in [1.82, 2.24) is 0 Å². The smallest absolute Gasteiger partial charge is 0.0682 e. The molecule has 2 aliphatic rings. The van der Waals surface area contributed by atoms with Gasteiger partial charge in [0.15, 0.2) is 0 Å². The lowest BCUT2D eigenvalue weighted by atomic mass is 9.68. The highest BCUT2D eigenvalue weighted by Gasteiger charge is 2.35. The van der Waals surface area contributed by atoms with Gasteiger partial charge in [-0.25, -0.2) is 0 Å². The van der Waals surface area contributed by atoms with Crippen molar-refractivity contribution in [3.8, 4) is 0 Å². The standard InChI is InChI=1S/C17H24BrNO/c18-15-12-14(13-20)4-5-16(15)19-10-8-17(9-11-19)6-2-1-3-7-17/h4-5,12,20H,1-3,6-11,13H2. The minimum absolute atomic E-state index is 0.113. The van der Waals surface area contributed by atoms with Crippen molar-refractivity contribution in [3.63, 3.8) is 0 Å². The van der Waals surface area contributed by atoms with E-state index in [4.69, 9.17) is 0 Å². The maximum atomic E-state index is 9.19. The second kappa shape index (κ2) is 6.07. The average molecular weight is 338 g/mol. The van der Waals surface area contributed by atoms with Gasteiger partial charge in [-0.2, -0.15) is 0 Å². The van der Waals surface area contributed by atoms with Gasteiger partial charge in [-0.05, 0) is 64.7 Å². The number of halogens is 1. The fourth-order valence-electron chi connectivity index (χ4n) is 3.93. The van der Waals surface area contributed by atoms with Crippen molar-refractivity contribution in [3.05, 3.63) is 28.2 Å². The first-order valence-corrected chi connectivity index (χ1v) is 8.66. The van der Waals surface area contributed by atoms with Crippen LogP contribution in [0.1, 0.15) is 50.5 Å². The number of aliphatic hydroxyl groups excluding tert-OH is 1. The zero-order valence-corrected chi connectivity index (χ0v) is 13.7. The molecule has 0 atom stereocenters. The molecule has 0 bridgehead atoms. The van der Waals surface area contributed by atoms with Crippen LogP contribution in [0.15, 0.2) is 22.7 Å². The van der Waals surface area contributed by atoms with Crippen molar-refractivity contribution < 1.29 is 5.11 Å². The lowest BCUT2D eigenvalue weighted by Crippen LogP contribution is -2.41. The topological polar surface area (TPSA) is 23.5 Å². The molecule has 0 aromatic heterocycles. The molecule has 2 nitrogen and oxygen atoms in total. The zero-order chi connectivity index (χ0) is 14.0. The molecular weight excluding hydrogens is 314 g/mol. The van der Waals surface area contributed by atoms with Crippen LogP contribution in [-0.4, -0.2) is 18.2 Å². The molecule has 1 saturated carbocycles. The van der Waals surface area contributed by atoms with Gasteiger partial charge in [0.25, 0.3) is 0 Å². The number of piperidine rings is 1. The molecule has 3 rings (SSSR count). The maximum absolute atomic E-state index is 9.19. The Morgan fingerprint density at radius 3 is 2.35 bits per heavy atom. The summed E-state index contributed by atoms with van der Waals surface area (Å²) >= 11 is 3.66. The van der Waals surface area contributed by atoms with Gasteiger partial charge in [0.2, 0.25) is 0 Å². The highest BCUT2D eigenvalue weighted by atomic mass is 79.9. The molecule has 1 spiro atoms. The lowest BCUT2D eigenvalue weighted by molar-refractivity contribution is 0.144. The van der Waals surface area contributed by atoms with E-state index in [0.29, 0.717) is 5.41 Å². The van der Waals surface area contributed by atoms with Crippen LogP contribution in [0.3, 0.4) is 0 Å². The Balaban J connectivity index is 1.68. The molecule has 2 fully saturated rings. The summed E-state index contributed by atoms with van der Waals surface area (Å²) in [5, 5.41) is 9.19. The Bertz CT molecular complexity index is 458. The van der Waals surface area contributed by atoms with E-state index in [1.807, 2.05) is 12.1 Å². The minimum atomic E-state index is 0.113. The number of anilines is 1. The van der Waals surface area contributed by atoms with Crippen LogP contribution < -0.4 is 4.90 Å². The Hall–Kier alpha value is -0.540. The van der Waals surface area contributed by atoms with Crippen LogP contribution in [-0.2, 0) is 6.61 Å². The predicted octanol–water partition coefficient (Wildman–Crippen LogP) is 4.49. The van der Waals surface area contributed by atoms with Crippen molar-refractivity contribution in [2.75, 3.05) is 18.0 Å². The fraction of sp³-hybridized carbons (Fsp3) is 0.647. The highest BCUT2D eigenvalue weighted by molar-refractivity contribution is 9.10. The van der Waals surface area contributed by atoms with Gasteiger partial charge in [-0.1, -0.05) is 25.3 Å². The van der Waals surface area contributed by atoms with Gasteiger partial charge in [0.05, 0.1) is 12.3 Å².